The van der Waals surface area contributed by atoms with Crippen molar-refractivity contribution in [1.82, 2.24) is 0 Å². The maximum Gasteiger partial charge on any atom is 0.0747 e. The summed E-state index contributed by atoms with van der Waals surface area (Å²) in [4.78, 5) is 0. The third kappa shape index (κ3) is 1.08. The van der Waals surface area contributed by atoms with Gasteiger partial charge in [-0.2, -0.15) is 0 Å². The zero-order chi connectivity index (χ0) is 12.2. The fraction of sp³-hybridized carbons (Fsp3) is 0.111. The van der Waals surface area contributed by atoms with Crippen molar-refractivity contribution in [1.29, 1.82) is 0 Å². The highest BCUT2D eigenvalue weighted by molar-refractivity contribution is 7.28. The first-order chi connectivity index (χ1) is 7.37. The van der Waals surface area contributed by atoms with Crippen LogP contribution in [0.25, 0.3) is 5.70 Å². The van der Waals surface area contributed by atoms with Gasteiger partial charge in [0.1, 0.15) is 0 Å². The molecule has 6 nitrogen and oxygen atoms in total. The highest BCUT2D eigenvalue weighted by atomic mass is 31.0. The van der Waals surface area contributed by atoms with Gasteiger partial charge in [-0.05, 0) is 0 Å². The van der Waals surface area contributed by atoms with E-state index >= 15 is 0 Å². The number of anilines is 3. The summed E-state index contributed by atoms with van der Waals surface area (Å²) in [5, 5.41) is 0.634. The van der Waals surface area contributed by atoms with E-state index in [2.05, 4.69) is 9.24 Å². The Hall–Kier alpha value is -1.65. The summed E-state index contributed by atoms with van der Waals surface area (Å²) >= 11 is 0. The van der Waals surface area contributed by atoms with Gasteiger partial charge in [-0.25, -0.2) is 0 Å². The average Bonchev–Trinajstić information content (AvgIpc) is 2.48. The lowest BCUT2D eigenvalue weighted by molar-refractivity contribution is 0.859. The first-order valence-corrected chi connectivity index (χ1v) is 5.22. The van der Waals surface area contributed by atoms with Gasteiger partial charge in [-0.1, -0.05) is 0 Å². The fourth-order valence-electron chi connectivity index (χ4n) is 1.93. The van der Waals surface area contributed by atoms with Crippen LogP contribution in [0.1, 0.15) is 17.2 Å². The smallest absolute Gasteiger partial charge is 0.0747 e. The normalized spacial score (nSPS) is 19.0. The molecule has 2 atom stereocenters. The molecule has 12 N–H and O–H groups in total. The topological polar surface area (TPSA) is 156 Å². The predicted octanol–water partition coefficient (Wildman–Crippen LogP) is -1.47. The van der Waals surface area contributed by atoms with Crippen LogP contribution in [0.5, 0.6) is 0 Å². The molecule has 2 rings (SSSR count). The summed E-state index contributed by atoms with van der Waals surface area (Å²) in [6.07, 6.45) is 0. The maximum atomic E-state index is 5.94. The Kier molecular flexibility index (Phi) is 2.15. The van der Waals surface area contributed by atoms with E-state index in [0.29, 0.717) is 44.9 Å². The molecule has 0 saturated carbocycles. The molecular weight excluding hydrogens is 223 g/mol. The van der Waals surface area contributed by atoms with Gasteiger partial charge in [-0.15, -0.1) is 9.24 Å². The largest absolute Gasteiger partial charge is 0.399 e. The second-order valence-corrected chi connectivity index (χ2v) is 4.37. The SMILES string of the molecule is NC1=C(N)[C@@H](N)c2c(N)c(P)c(N)c(N)c21. The highest BCUT2D eigenvalue weighted by Gasteiger charge is 2.31. The molecule has 1 unspecified atom stereocenters. The summed E-state index contributed by atoms with van der Waals surface area (Å²) in [6.45, 7) is 0. The van der Waals surface area contributed by atoms with E-state index in [1.807, 2.05) is 0 Å². The van der Waals surface area contributed by atoms with Crippen molar-refractivity contribution in [2.75, 3.05) is 17.2 Å². The molecule has 0 radical (unpaired) electrons. The first-order valence-electron chi connectivity index (χ1n) is 4.64. The Bertz CT molecular complexity index is 521. The molecule has 16 heavy (non-hydrogen) atoms. The minimum Gasteiger partial charge on any atom is -0.399 e. The van der Waals surface area contributed by atoms with Gasteiger partial charge in [0.25, 0.3) is 0 Å². The van der Waals surface area contributed by atoms with E-state index < -0.39 is 6.04 Å². The van der Waals surface area contributed by atoms with Gasteiger partial charge in [0.15, 0.2) is 0 Å². The Balaban J connectivity index is 2.89. The summed E-state index contributed by atoms with van der Waals surface area (Å²) in [6, 6.07) is -0.516. The van der Waals surface area contributed by atoms with E-state index in [-0.39, 0.29) is 0 Å². The van der Waals surface area contributed by atoms with E-state index in [1.54, 1.807) is 0 Å². The molecule has 0 heterocycles. The molecule has 0 fully saturated rings. The minimum absolute atomic E-state index is 0.364. The molecule has 0 aliphatic heterocycles. The third-order valence-corrected chi connectivity index (χ3v) is 3.55. The molecule has 0 amide bonds. The van der Waals surface area contributed by atoms with Crippen LogP contribution in [0, 0.1) is 0 Å². The zero-order valence-electron chi connectivity index (χ0n) is 8.62. The third-order valence-electron chi connectivity index (χ3n) is 2.93. The second-order valence-electron chi connectivity index (χ2n) is 3.79. The number of hydrogen-bond donors (Lipinski definition) is 6. The van der Waals surface area contributed by atoms with Crippen molar-refractivity contribution >= 4 is 37.3 Å². The van der Waals surface area contributed by atoms with Crippen molar-refractivity contribution in [2.24, 2.45) is 17.2 Å². The Labute approximate surface area is 95.2 Å². The van der Waals surface area contributed by atoms with Gasteiger partial charge >= 0.3 is 0 Å². The van der Waals surface area contributed by atoms with Crippen molar-refractivity contribution in [2.45, 2.75) is 6.04 Å². The standard InChI is InChI=1S/C9H15N6P/c10-3-1-2(4(11)7(3)14)6(13)9(16)8(15)5(1)12/h4H,10-16H2/t4-/m0/s1. The predicted molar refractivity (Wildman–Crippen MR) is 71.2 cm³/mol. The zero-order valence-corrected chi connectivity index (χ0v) is 9.77. The number of rotatable bonds is 0. The lowest BCUT2D eigenvalue weighted by Gasteiger charge is -2.17. The molecule has 0 bridgehead atoms. The number of benzene rings is 1. The van der Waals surface area contributed by atoms with Crippen LogP contribution >= 0.6 is 9.24 Å². The molecule has 86 valence electrons. The molecule has 1 aliphatic rings. The molecule has 1 aliphatic carbocycles. The average molecular weight is 238 g/mol. The Morgan fingerprint density at radius 2 is 1.44 bits per heavy atom. The molecule has 0 saturated heterocycles. The lowest BCUT2D eigenvalue weighted by atomic mass is 10.0. The van der Waals surface area contributed by atoms with Crippen molar-refractivity contribution in [3.63, 3.8) is 0 Å². The van der Waals surface area contributed by atoms with Gasteiger partial charge < -0.3 is 34.4 Å². The number of nitrogens with two attached hydrogens (primary N) is 6. The van der Waals surface area contributed by atoms with Crippen LogP contribution in [0.4, 0.5) is 17.1 Å². The number of hydrogen-bond acceptors (Lipinski definition) is 6. The van der Waals surface area contributed by atoms with Gasteiger partial charge in [-0.3, -0.25) is 0 Å². The summed E-state index contributed by atoms with van der Waals surface area (Å²) < 4.78 is 0. The van der Waals surface area contributed by atoms with Crippen LogP contribution in [-0.2, 0) is 0 Å². The number of fused-ring (bicyclic) bond motifs is 1. The minimum atomic E-state index is -0.516. The summed E-state index contributed by atoms with van der Waals surface area (Å²) in [5.41, 5.74) is 38.4. The van der Waals surface area contributed by atoms with E-state index in [1.165, 1.54) is 0 Å². The monoisotopic (exact) mass is 238 g/mol. The van der Waals surface area contributed by atoms with Crippen LogP contribution in [0.2, 0.25) is 0 Å². The maximum absolute atomic E-state index is 5.94. The molecule has 1 aromatic carbocycles. The Morgan fingerprint density at radius 3 is 2.00 bits per heavy atom. The van der Waals surface area contributed by atoms with E-state index in [4.69, 9.17) is 34.4 Å². The van der Waals surface area contributed by atoms with Gasteiger partial charge in [0.05, 0.1) is 28.8 Å². The number of nitrogen functional groups attached to an aromatic ring is 3. The fourth-order valence-corrected chi connectivity index (χ4v) is 2.24. The van der Waals surface area contributed by atoms with Crippen molar-refractivity contribution in [3.8, 4) is 0 Å². The van der Waals surface area contributed by atoms with Crippen LogP contribution in [0.15, 0.2) is 5.70 Å². The lowest BCUT2D eigenvalue weighted by Crippen LogP contribution is -2.21. The first kappa shape index (κ1) is 10.9. The van der Waals surface area contributed by atoms with Crippen LogP contribution in [0.3, 0.4) is 0 Å². The van der Waals surface area contributed by atoms with Gasteiger partial charge in [0, 0.05) is 22.1 Å². The molecule has 0 aromatic heterocycles. The van der Waals surface area contributed by atoms with Crippen LogP contribution < -0.4 is 39.7 Å². The van der Waals surface area contributed by atoms with E-state index in [0.717, 1.165) is 0 Å². The van der Waals surface area contributed by atoms with E-state index in [9.17, 15) is 0 Å². The highest BCUT2D eigenvalue weighted by Crippen LogP contribution is 2.42. The Morgan fingerprint density at radius 1 is 0.875 bits per heavy atom. The quantitative estimate of drug-likeness (QED) is 0.239. The van der Waals surface area contributed by atoms with Gasteiger partial charge in [0.2, 0.25) is 0 Å². The summed E-state index contributed by atoms with van der Waals surface area (Å²) in [7, 11) is 2.45. The van der Waals surface area contributed by atoms with Crippen LogP contribution in [-0.4, -0.2) is 0 Å². The molecule has 0 spiro atoms. The van der Waals surface area contributed by atoms with Crippen molar-refractivity contribution < 1.29 is 0 Å². The van der Waals surface area contributed by atoms with Crippen molar-refractivity contribution in [3.05, 3.63) is 16.8 Å². The second kappa shape index (κ2) is 3.17. The molecule has 7 heteroatoms. The molecular formula is C9H15N6P. The molecule has 1 aromatic rings. The summed E-state index contributed by atoms with van der Waals surface area (Å²) in [5.74, 6) is 0.